The molecule has 4 rings (SSSR count). The van der Waals surface area contributed by atoms with Gasteiger partial charge in [-0.2, -0.15) is 0 Å². The van der Waals surface area contributed by atoms with E-state index < -0.39 is 0 Å². The highest BCUT2D eigenvalue weighted by Gasteiger charge is 2.18. The van der Waals surface area contributed by atoms with E-state index in [9.17, 15) is 10.1 Å². The Morgan fingerprint density at radius 3 is 2.71 bits per heavy atom. The SMILES string of the molecule is CC(C)Cc1nnc(-c2cc3ccccc3n2Cc2cccc([N+](=O)[O-])c2)o1. The Labute approximate surface area is 161 Å². The van der Waals surface area contributed by atoms with Crippen molar-refractivity contribution in [3.63, 3.8) is 0 Å². The average molecular weight is 376 g/mol. The third-order valence-corrected chi connectivity index (χ3v) is 4.54. The molecule has 0 bridgehead atoms. The number of non-ortho nitro benzene ring substituents is 1. The normalized spacial score (nSPS) is 11.4. The topological polar surface area (TPSA) is 87.0 Å². The number of nitrogens with zero attached hydrogens (tertiary/aromatic N) is 4. The largest absolute Gasteiger partial charge is 0.419 e. The lowest BCUT2D eigenvalue weighted by Gasteiger charge is -2.09. The molecule has 0 amide bonds. The number of hydrogen-bond donors (Lipinski definition) is 0. The van der Waals surface area contributed by atoms with Crippen LogP contribution in [0.3, 0.4) is 0 Å². The average Bonchev–Trinajstić information content (AvgIpc) is 3.26. The zero-order chi connectivity index (χ0) is 19.7. The van der Waals surface area contributed by atoms with Gasteiger partial charge >= 0.3 is 0 Å². The van der Waals surface area contributed by atoms with Crippen molar-refractivity contribution < 1.29 is 9.34 Å². The highest BCUT2D eigenvalue weighted by Crippen LogP contribution is 2.29. The highest BCUT2D eigenvalue weighted by molar-refractivity contribution is 5.85. The first-order valence-corrected chi connectivity index (χ1v) is 9.15. The molecule has 0 aliphatic rings. The lowest BCUT2D eigenvalue weighted by molar-refractivity contribution is -0.384. The lowest BCUT2D eigenvalue weighted by Crippen LogP contribution is -2.02. The summed E-state index contributed by atoms with van der Waals surface area (Å²) in [6.07, 6.45) is 0.720. The number of para-hydroxylation sites is 1. The third-order valence-electron chi connectivity index (χ3n) is 4.54. The quantitative estimate of drug-likeness (QED) is 0.355. The second kappa shape index (κ2) is 7.26. The van der Waals surface area contributed by atoms with Crippen molar-refractivity contribution in [2.45, 2.75) is 26.8 Å². The van der Waals surface area contributed by atoms with Crippen LogP contribution in [0.1, 0.15) is 25.3 Å². The standard InChI is InChI=1S/C21H20N4O3/c1-14(2)10-20-22-23-21(28-20)19-12-16-7-3-4-9-18(16)24(19)13-15-6-5-8-17(11-15)25(26)27/h3-9,11-12,14H,10,13H2,1-2H3. The summed E-state index contributed by atoms with van der Waals surface area (Å²) in [6.45, 7) is 4.67. The number of hydrogen-bond acceptors (Lipinski definition) is 5. The summed E-state index contributed by atoms with van der Waals surface area (Å²) in [5.74, 6) is 1.48. The van der Waals surface area contributed by atoms with E-state index in [0.29, 0.717) is 24.2 Å². The van der Waals surface area contributed by atoms with E-state index >= 15 is 0 Å². The molecule has 0 unspecified atom stereocenters. The van der Waals surface area contributed by atoms with E-state index in [0.717, 1.165) is 28.6 Å². The summed E-state index contributed by atoms with van der Waals surface area (Å²) in [7, 11) is 0. The lowest BCUT2D eigenvalue weighted by atomic mass is 10.1. The number of rotatable bonds is 6. The second-order valence-electron chi connectivity index (χ2n) is 7.20. The maximum Gasteiger partial charge on any atom is 0.269 e. The number of aromatic nitrogens is 3. The van der Waals surface area contributed by atoms with Crippen molar-refractivity contribution in [1.82, 2.24) is 14.8 Å². The van der Waals surface area contributed by atoms with E-state index in [1.165, 1.54) is 6.07 Å². The molecule has 7 heteroatoms. The second-order valence-corrected chi connectivity index (χ2v) is 7.20. The van der Waals surface area contributed by atoms with Gasteiger partial charge in [0, 0.05) is 36.0 Å². The molecular formula is C21H20N4O3. The molecule has 0 saturated carbocycles. The number of nitro benzene ring substituents is 1. The molecule has 0 N–H and O–H groups in total. The van der Waals surface area contributed by atoms with Crippen molar-refractivity contribution >= 4 is 16.6 Å². The van der Waals surface area contributed by atoms with Crippen molar-refractivity contribution in [1.29, 1.82) is 0 Å². The summed E-state index contributed by atoms with van der Waals surface area (Å²) < 4.78 is 7.96. The molecule has 4 aromatic rings. The van der Waals surface area contributed by atoms with E-state index in [2.05, 4.69) is 28.6 Å². The minimum Gasteiger partial charge on any atom is -0.419 e. The van der Waals surface area contributed by atoms with E-state index in [1.54, 1.807) is 12.1 Å². The van der Waals surface area contributed by atoms with Crippen LogP contribution in [-0.4, -0.2) is 19.7 Å². The molecule has 0 fully saturated rings. The van der Waals surface area contributed by atoms with Crippen LogP contribution in [-0.2, 0) is 13.0 Å². The first-order valence-electron chi connectivity index (χ1n) is 9.15. The van der Waals surface area contributed by atoms with Gasteiger partial charge in [0.2, 0.25) is 5.89 Å². The zero-order valence-electron chi connectivity index (χ0n) is 15.7. The minimum absolute atomic E-state index is 0.0764. The third kappa shape index (κ3) is 3.51. The molecule has 0 saturated heterocycles. The van der Waals surface area contributed by atoms with Crippen LogP contribution >= 0.6 is 0 Å². The minimum atomic E-state index is -0.381. The number of benzene rings is 2. The van der Waals surface area contributed by atoms with Crippen LogP contribution in [0.4, 0.5) is 5.69 Å². The van der Waals surface area contributed by atoms with Crippen molar-refractivity contribution in [2.24, 2.45) is 5.92 Å². The monoisotopic (exact) mass is 376 g/mol. The molecule has 2 aromatic carbocycles. The van der Waals surface area contributed by atoms with Gasteiger partial charge in [-0.25, -0.2) is 0 Å². The fourth-order valence-corrected chi connectivity index (χ4v) is 3.30. The number of fused-ring (bicyclic) bond motifs is 1. The predicted molar refractivity (Wildman–Crippen MR) is 106 cm³/mol. The first-order chi connectivity index (χ1) is 13.5. The van der Waals surface area contributed by atoms with Gasteiger partial charge in [0.1, 0.15) is 5.69 Å². The molecule has 0 radical (unpaired) electrons. The maximum absolute atomic E-state index is 11.1. The van der Waals surface area contributed by atoms with Gasteiger partial charge in [-0.1, -0.05) is 44.2 Å². The van der Waals surface area contributed by atoms with Gasteiger partial charge < -0.3 is 8.98 Å². The molecule has 7 nitrogen and oxygen atoms in total. The molecule has 28 heavy (non-hydrogen) atoms. The van der Waals surface area contributed by atoms with Gasteiger partial charge in [0.25, 0.3) is 11.6 Å². The summed E-state index contributed by atoms with van der Waals surface area (Å²) in [5, 5.41) is 20.6. The summed E-state index contributed by atoms with van der Waals surface area (Å²) >= 11 is 0. The van der Waals surface area contributed by atoms with Gasteiger partial charge in [-0.05, 0) is 23.6 Å². The zero-order valence-corrected chi connectivity index (χ0v) is 15.7. The Hall–Kier alpha value is -3.48. The van der Waals surface area contributed by atoms with Crippen LogP contribution in [0.2, 0.25) is 0 Å². The Morgan fingerprint density at radius 1 is 1.11 bits per heavy atom. The van der Waals surface area contributed by atoms with Crippen molar-refractivity contribution in [3.05, 3.63) is 76.2 Å². The van der Waals surface area contributed by atoms with Gasteiger partial charge in [0.05, 0.1) is 4.92 Å². The predicted octanol–water partition coefficient (Wildman–Crippen LogP) is 4.85. The van der Waals surface area contributed by atoms with Gasteiger partial charge in [-0.15, -0.1) is 10.2 Å². The molecule has 2 aromatic heterocycles. The summed E-state index contributed by atoms with van der Waals surface area (Å²) in [4.78, 5) is 10.7. The fraction of sp³-hybridized carbons (Fsp3) is 0.238. The van der Waals surface area contributed by atoms with Crippen LogP contribution in [0.5, 0.6) is 0 Å². The van der Waals surface area contributed by atoms with Gasteiger partial charge in [-0.3, -0.25) is 10.1 Å². The molecule has 0 aliphatic heterocycles. The Kier molecular flexibility index (Phi) is 4.65. The van der Waals surface area contributed by atoms with Crippen LogP contribution < -0.4 is 0 Å². The Bertz CT molecular complexity index is 1140. The van der Waals surface area contributed by atoms with E-state index in [4.69, 9.17) is 4.42 Å². The Morgan fingerprint density at radius 2 is 1.93 bits per heavy atom. The summed E-state index contributed by atoms with van der Waals surface area (Å²) in [5.41, 5.74) is 2.72. The Balaban J connectivity index is 1.79. The molecular weight excluding hydrogens is 356 g/mol. The highest BCUT2D eigenvalue weighted by atomic mass is 16.6. The van der Waals surface area contributed by atoms with Crippen molar-refractivity contribution in [2.75, 3.05) is 0 Å². The number of nitro groups is 1. The smallest absolute Gasteiger partial charge is 0.269 e. The molecule has 2 heterocycles. The maximum atomic E-state index is 11.1. The molecule has 142 valence electrons. The van der Waals surface area contributed by atoms with Gasteiger partial charge in [0.15, 0.2) is 0 Å². The molecule has 0 aliphatic carbocycles. The van der Waals surface area contributed by atoms with Crippen LogP contribution in [0.15, 0.2) is 59.0 Å². The summed E-state index contributed by atoms with van der Waals surface area (Å²) in [6, 6.07) is 16.7. The van der Waals surface area contributed by atoms with Crippen LogP contribution in [0.25, 0.3) is 22.5 Å². The van der Waals surface area contributed by atoms with Crippen molar-refractivity contribution in [3.8, 4) is 11.6 Å². The first kappa shape index (κ1) is 17.9. The van der Waals surface area contributed by atoms with E-state index in [1.807, 2.05) is 36.4 Å². The van der Waals surface area contributed by atoms with E-state index in [-0.39, 0.29) is 10.6 Å². The van der Waals surface area contributed by atoms with Crippen LogP contribution in [0, 0.1) is 16.0 Å². The molecule has 0 atom stereocenters. The fourth-order valence-electron chi connectivity index (χ4n) is 3.30. The molecule has 0 spiro atoms.